The van der Waals surface area contributed by atoms with Crippen LogP contribution in [0, 0.1) is 11.3 Å². The van der Waals surface area contributed by atoms with Crippen LogP contribution >= 0.6 is 0 Å². The van der Waals surface area contributed by atoms with Gasteiger partial charge in [0, 0.05) is 37.8 Å². The molecule has 0 bridgehead atoms. The lowest BCUT2D eigenvalue weighted by molar-refractivity contribution is 0.236. The van der Waals surface area contributed by atoms with Gasteiger partial charge in [0.2, 0.25) is 0 Å². The van der Waals surface area contributed by atoms with Crippen molar-refractivity contribution < 1.29 is 0 Å². The standard InChI is InChI=1S/C12H22N4/c1-10(2)12(5-6-13-8-12)9-14-11-4-7-16(3)15-11/h4,7,10,13H,5-6,8-9H2,1-3H3,(H,14,15). The number of aryl methyl sites for hydroxylation is 1. The average Bonchev–Trinajstić information content (AvgIpc) is 2.84. The molecule has 0 aromatic carbocycles. The zero-order valence-corrected chi connectivity index (χ0v) is 10.5. The van der Waals surface area contributed by atoms with Gasteiger partial charge in [-0.05, 0) is 18.9 Å². The molecular weight excluding hydrogens is 200 g/mol. The predicted molar refractivity (Wildman–Crippen MR) is 66.5 cm³/mol. The minimum absolute atomic E-state index is 0.386. The Morgan fingerprint density at radius 3 is 2.94 bits per heavy atom. The van der Waals surface area contributed by atoms with E-state index >= 15 is 0 Å². The van der Waals surface area contributed by atoms with Crippen molar-refractivity contribution in [3.8, 4) is 0 Å². The van der Waals surface area contributed by atoms with Gasteiger partial charge >= 0.3 is 0 Å². The highest BCUT2D eigenvalue weighted by Gasteiger charge is 2.36. The summed E-state index contributed by atoms with van der Waals surface area (Å²) in [5.41, 5.74) is 0.386. The van der Waals surface area contributed by atoms with E-state index in [0.29, 0.717) is 11.3 Å². The topological polar surface area (TPSA) is 41.9 Å². The maximum absolute atomic E-state index is 4.35. The molecule has 16 heavy (non-hydrogen) atoms. The van der Waals surface area contributed by atoms with Gasteiger partial charge in [0.05, 0.1) is 0 Å². The molecule has 1 fully saturated rings. The summed E-state index contributed by atoms with van der Waals surface area (Å²) in [5, 5.41) is 11.3. The van der Waals surface area contributed by atoms with E-state index in [4.69, 9.17) is 0 Å². The van der Waals surface area contributed by atoms with Crippen molar-refractivity contribution in [3.05, 3.63) is 12.3 Å². The Bertz CT molecular complexity index is 337. The van der Waals surface area contributed by atoms with E-state index < -0.39 is 0 Å². The highest BCUT2D eigenvalue weighted by molar-refractivity contribution is 5.32. The maximum Gasteiger partial charge on any atom is 0.147 e. The molecule has 0 aliphatic carbocycles. The van der Waals surface area contributed by atoms with E-state index in [0.717, 1.165) is 25.5 Å². The lowest BCUT2D eigenvalue weighted by Gasteiger charge is -2.32. The molecule has 1 saturated heterocycles. The Labute approximate surface area is 97.4 Å². The first-order valence-corrected chi connectivity index (χ1v) is 6.07. The number of hydrogen-bond acceptors (Lipinski definition) is 3. The molecule has 0 amide bonds. The second-order valence-electron chi connectivity index (χ2n) is 5.17. The van der Waals surface area contributed by atoms with E-state index in [2.05, 4.69) is 29.6 Å². The second kappa shape index (κ2) is 4.45. The Hall–Kier alpha value is -1.03. The van der Waals surface area contributed by atoms with Crippen molar-refractivity contribution in [2.75, 3.05) is 25.0 Å². The van der Waals surface area contributed by atoms with Gasteiger partial charge in [-0.25, -0.2) is 0 Å². The molecule has 0 spiro atoms. The SMILES string of the molecule is CC(C)C1(CNc2ccn(C)n2)CCNC1. The zero-order valence-electron chi connectivity index (χ0n) is 10.5. The van der Waals surface area contributed by atoms with Crippen molar-refractivity contribution in [2.24, 2.45) is 18.4 Å². The van der Waals surface area contributed by atoms with Gasteiger partial charge in [-0.2, -0.15) is 5.10 Å². The summed E-state index contributed by atoms with van der Waals surface area (Å²) in [4.78, 5) is 0. The van der Waals surface area contributed by atoms with Crippen LogP contribution in [0.1, 0.15) is 20.3 Å². The van der Waals surface area contributed by atoms with E-state index in [1.54, 1.807) is 0 Å². The molecule has 1 aromatic rings. The fraction of sp³-hybridized carbons (Fsp3) is 0.750. The third-order valence-corrected chi connectivity index (χ3v) is 3.84. The van der Waals surface area contributed by atoms with Gasteiger partial charge in [-0.1, -0.05) is 13.8 Å². The van der Waals surface area contributed by atoms with Gasteiger partial charge < -0.3 is 10.6 Å². The Morgan fingerprint density at radius 1 is 1.62 bits per heavy atom. The summed E-state index contributed by atoms with van der Waals surface area (Å²) in [5.74, 6) is 1.67. The van der Waals surface area contributed by atoms with Crippen LogP contribution in [0.25, 0.3) is 0 Å². The molecule has 0 saturated carbocycles. The molecular formula is C12H22N4. The minimum Gasteiger partial charge on any atom is -0.368 e. The summed E-state index contributed by atoms with van der Waals surface area (Å²) < 4.78 is 1.83. The zero-order chi connectivity index (χ0) is 11.6. The number of rotatable bonds is 4. The van der Waals surface area contributed by atoms with Gasteiger partial charge in [0.25, 0.3) is 0 Å². The molecule has 1 atom stereocenters. The number of anilines is 1. The number of nitrogens with one attached hydrogen (secondary N) is 2. The number of aromatic nitrogens is 2. The van der Waals surface area contributed by atoms with Crippen molar-refractivity contribution >= 4 is 5.82 Å². The van der Waals surface area contributed by atoms with Crippen LogP contribution in [0.15, 0.2) is 12.3 Å². The van der Waals surface area contributed by atoms with E-state index in [-0.39, 0.29) is 0 Å². The molecule has 90 valence electrons. The van der Waals surface area contributed by atoms with Crippen molar-refractivity contribution in [1.29, 1.82) is 0 Å². The lowest BCUT2D eigenvalue weighted by atomic mass is 9.76. The molecule has 1 aromatic heterocycles. The summed E-state index contributed by atoms with van der Waals surface area (Å²) in [7, 11) is 1.94. The maximum atomic E-state index is 4.35. The first-order chi connectivity index (χ1) is 7.62. The monoisotopic (exact) mass is 222 g/mol. The molecule has 2 N–H and O–H groups in total. The molecule has 2 rings (SSSR count). The largest absolute Gasteiger partial charge is 0.368 e. The first-order valence-electron chi connectivity index (χ1n) is 6.07. The van der Waals surface area contributed by atoms with Crippen LogP contribution in [-0.4, -0.2) is 29.4 Å². The van der Waals surface area contributed by atoms with Crippen LogP contribution < -0.4 is 10.6 Å². The third kappa shape index (κ3) is 2.21. The molecule has 1 aliphatic heterocycles. The minimum atomic E-state index is 0.386. The highest BCUT2D eigenvalue weighted by Crippen LogP contribution is 2.34. The van der Waals surface area contributed by atoms with Gasteiger partial charge in [-0.15, -0.1) is 0 Å². The van der Waals surface area contributed by atoms with Crippen LogP contribution in [0.3, 0.4) is 0 Å². The number of hydrogen-bond donors (Lipinski definition) is 2. The van der Waals surface area contributed by atoms with Gasteiger partial charge in [-0.3, -0.25) is 4.68 Å². The molecule has 4 heteroatoms. The van der Waals surface area contributed by atoms with E-state index in [1.807, 2.05) is 24.0 Å². The third-order valence-electron chi connectivity index (χ3n) is 3.84. The fourth-order valence-electron chi connectivity index (χ4n) is 2.39. The predicted octanol–water partition coefficient (Wildman–Crippen LogP) is 1.47. The van der Waals surface area contributed by atoms with Crippen LogP contribution in [0.4, 0.5) is 5.82 Å². The Kier molecular flexibility index (Phi) is 3.19. The molecule has 1 unspecified atom stereocenters. The van der Waals surface area contributed by atoms with Crippen molar-refractivity contribution in [1.82, 2.24) is 15.1 Å². The van der Waals surface area contributed by atoms with E-state index in [9.17, 15) is 0 Å². The normalized spacial score (nSPS) is 25.2. The summed E-state index contributed by atoms with van der Waals surface area (Å²) in [6, 6.07) is 2.02. The fourth-order valence-corrected chi connectivity index (χ4v) is 2.39. The number of nitrogens with zero attached hydrogens (tertiary/aromatic N) is 2. The average molecular weight is 222 g/mol. The molecule has 1 aliphatic rings. The Balaban J connectivity index is 1.97. The molecule has 4 nitrogen and oxygen atoms in total. The highest BCUT2D eigenvalue weighted by atomic mass is 15.3. The summed E-state index contributed by atoms with van der Waals surface area (Å²) in [6.45, 7) is 7.89. The first kappa shape index (κ1) is 11.5. The van der Waals surface area contributed by atoms with Crippen molar-refractivity contribution in [3.63, 3.8) is 0 Å². The van der Waals surface area contributed by atoms with E-state index in [1.165, 1.54) is 6.42 Å². The summed E-state index contributed by atoms with van der Waals surface area (Å²) >= 11 is 0. The molecule has 2 heterocycles. The smallest absolute Gasteiger partial charge is 0.147 e. The lowest BCUT2D eigenvalue weighted by Crippen LogP contribution is -2.37. The second-order valence-corrected chi connectivity index (χ2v) is 5.17. The quantitative estimate of drug-likeness (QED) is 0.810. The van der Waals surface area contributed by atoms with Crippen molar-refractivity contribution in [2.45, 2.75) is 20.3 Å². The van der Waals surface area contributed by atoms with Gasteiger partial charge in [0.15, 0.2) is 0 Å². The van der Waals surface area contributed by atoms with Crippen LogP contribution in [-0.2, 0) is 7.05 Å². The molecule has 0 radical (unpaired) electrons. The van der Waals surface area contributed by atoms with Crippen LogP contribution in [0.2, 0.25) is 0 Å². The summed E-state index contributed by atoms with van der Waals surface area (Å²) in [6.07, 6.45) is 3.22. The van der Waals surface area contributed by atoms with Gasteiger partial charge in [0.1, 0.15) is 5.82 Å². The van der Waals surface area contributed by atoms with Crippen LogP contribution in [0.5, 0.6) is 0 Å². The Morgan fingerprint density at radius 2 is 2.44 bits per heavy atom.